The van der Waals surface area contributed by atoms with Crippen molar-refractivity contribution in [3.8, 4) is 11.1 Å². The summed E-state index contributed by atoms with van der Waals surface area (Å²) in [5, 5.41) is 14.1. The Labute approximate surface area is 212 Å². The maximum absolute atomic E-state index is 12.7. The van der Waals surface area contributed by atoms with E-state index in [9.17, 15) is 14.7 Å². The van der Waals surface area contributed by atoms with Crippen LogP contribution in [-0.2, 0) is 16.0 Å². The smallest absolute Gasteiger partial charge is 0.407 e. The number of nitrogens with one attached hydrogen (secondary N) is 1. The van der Waals surface area contributed by atoms with Gasteiger partial charge in [0.25, 0.3) is 0 Å². The van der Waals surface area contributed by atoms with Crippen LogP contribution in [0, 0.1) is 0 Å². The van der Waals surface area contributed by atoms with Gasteiger partial charge in [-0.25, -0.2) is 9.59 Å². The van der Waals surface area contributed by atoms with Gasteiger partial charge in [-0.2, -0.15) is 0 Å². The molecule has 3 aromatic carbocycles. The molecule has 7 nitrogen and oxygen atoms in total. The summed E-state index contributed by atoms with van der Waals surface area (Å²) in [6, 6.07) is 24.6. The molecule has 5 aromatic rings. The van der Waals surface area contributed by atoms with E-state index in [1.165, 1.54) is 0 Å². The number of ether oxygens (including phenoxy) is 1. The fraction of sp³-hybridized carbons (Fsp3) is 0.133. The van der Waals surface area contributed by atoms with Gasteiger partial charge in [-0.3, -0.25) is 9.97 Å². The molecule has 0 saturated carbocycles. The SMILES string of the molecule is O=C(NC(Cc1cnc2c(ccc3cccnc32)c1)C(=O)O)OCC1c2ccccc2-c2ccccc21. The molecule has 0 spiro atoms. The highest BCUT2D eigenvalue weighted by molar-refractivity contribution is 6.02. The van der Waals surface area contributed by atoms with E-state index in [4.69, 9.17) is 4.74 Å². The molecule has 7 heteroatoms. The molecule has 1 unspecified atom stereocenters. The lowest BCUT2D eigenvalue weighted by Crippen LogP contribution is -2.42. The highest BCUT2D eigenvalue weighted by atomic mass is 16.5. The van der Waals surface area contributed by atoms with Gasteiger partial charge in [-0.15, -0.1) is 0 Å². The van der Waals surface area contributed by atoms with Crippen molar-refractivity contribution in [1.29, 1.82) is 0 Å². The van der Waals surface area contributed by atoms with E-state index in [0.29, 0.717) is 5.56 Å². The molecule has 1 aliphatic carbocycles. The average Bonchev–Trinajstić information content (AvgIpc) is 3.25. The zero-order chi connectivity index (χ0) is 25.4. The number of carbonyl (C=O) groups is 2. The molecule has 1 amide bonds. The van der Waals surface area contributed by atoms with E-state index in [-0.39, 0.29) is 18.9 Å². The second-order valence-corrected chi connectivity index (χ2v) is 9.12. The summed E-state index contributed by atoms with van der Waals surface area (Å²) in [6.07, 6.45) is 2.66. The van der Waals surface area contributed by atoms with Crippen LogP contribution < -0.4 is 5.32 Å². The maximum atomic E-state index is 12.7. The van der Waals surface area contributed by atoms with E-state index in [1.54, 1.807) is 12.4 Å². The van der Waals surface area contributed by atoms with Crippen LogP contribution in [0.3, 0.4) is 0 Å². The number of pyridine rings is 2. The molecule has 0 saturated heterocycles. The molecular formula is C30H23N3O4. The standard InChI is InChI=1S/C30H23N3O4/c34-29(35)26(15-18-14-20-12-11-19-6-5-13-31-27(19)28(20)32-16-18)33-30(36)37-17-25-23-9-3-1-7-21(23)22-8-2-4-10-24(22)25/h1-14,16,25-26H,15,17H2,(H,33,36)(H,34,35). The molecule has 2 heterocycles. The van der Waals surface area contributed by atoms with Gasteiger partial charge in [0.15, 0.2) is 0 Å². The third-order valence-corrected chi connectivity index (χ3v) is 6.85. The van der Waals surface area contributed by atoms with Crippen LogP contribution >= 0.6 is 0 Å². The van der Waals surface area contributed by atoms with Crippen molar-refractivity contribution in [3.63, 3.8) is 0 Å². The highest BCUT2D eigenvalue weighted by Gasteiger charge is 2.30. The summed E-state index contributed by atoms with van der Waals surface area (Å²) in [4.78, 5) is 33.6. The third-order valence-electron chi connectivity index (χ3n) is 6.85. The molecule has 37 heavy (non-hydrogen) atoms. The molecule has 0 bridgehead atoms. The van der Waals surface area contributed by atoms with Crippen molar-refractivity contribution in [2.75, 3.05) is 6.61 Å². The number of amides is 1. The lowest BCUT2D eigenvalue weighted by atomic mass is 9.98. The first-order chi connectivity index (χ1) is 18.1. The fourth-order valence-corrected chi connectivity index (χ4v) is 5.11. The van der Waals surface area contributed by atoms with Crippen LogP contribution in [0.2, 0.25) is 0 Å². The van der Waals surface area contributed by atoms with Gasteiger partial charge in [0, 0.05) is 35.5 Å². The number of benzene rings is 3. The molecule has 182 valence electrons. The van der Waals surface area contributed by atoms with Gasteiger partial charge in [-0.1, -0.05) is 66.7 Å². The van der Waals surface area contributed by atoms with E-state index in [0.717, 1.165) is 44.1 Å². The minimum Gasteiger partial charge on any atom is -0.480 e. The van der Waals surface area contributed by atoms with Gasteiger partial charge in [0.1, 0.15) is 12.6 Å². The van der Waals surface area contributed by atoms with Crippen molar-refractivity contribution in [2.24, 2.45) is 0 Å². The van der Waals surface area contributed by atoms with Crippen LogP contribution in [0.1, 0.15) is 22.6 Å². The number of nitrogens with zero attached hydrogens (tertiary/aromatic N) is 2. The van der Waals surface area contributed by atoms with Gasteiger partial charge >= 0.3 is 12.1 Å². The summed E-state index contributed by atoms with van der Waals surface area (Å²) >= 11 is 0. The summed E-state index contributed by atoms with van der Waals surface area (Å²) in [5.74, 6) is -1.25. The minimum atomic E-state index is -1.16. The summed E-state index contributed by atoms with van der Waals surface area (Å²) in [6.45, 7) is 0.115. The number of carbonyl (C=O) groups excluding carboxylic acids is 1. The number of carboxylic acid groups (broad SMARTS) is 1. The first kappa shape index (κ1) is 22.7. The van der Waals surface area contributed by atoms with Crippen LogP contribution in [0.25, 0.3) is 32.9 Å². The minimum absolute atomic E-state index is 0.0721. The number of hydrogen-bond donors (Lipinski definition) is 2. The molecule has 2 N–H and O–H groups in total. The quantitative estimate of drug-likeness (QED) is 0.313. The lowest BCUT2D eigenvalue weighted by Gasteiger charge is -2.17. The van der Waals surface area contributed by atoms with E-state index in [2.05, 4.69) is 27.4 Å². The number of alkyl carbamates (subject to hydrolysis) is 1. The summed E-state index contributed by atoms with van der Waals surface area (Å²) < 4.78 is 5.54. The summed E-state index contributed by atoms with van der Waals surface area (Å²) in [5.41, 5.74) is 6.67. The summed E-state index contributed by atoms with van der Waals surface area (Å²) in [7, 11) is 0. The number of carboxylic acids is 1. The third kappa shape index (κ3) is 4.25. The van der Waals surface area contributed by atoms with Crippen molar-refractivity contribution in [1.82, 2.24) is 15.3 Å². The first-order valence-corrected chi connectivity index (χ1v) is 12.0. The maximum Gasteiger partial charge on any atom is 0.407 e. The second-order valence-electron chi connectivity index (χ2n) is 9.12. The van der Waals surface area contributed by atoms with Crippen molar-refractivity contribution >= 4 is 33.9 Å². The van der Waals surface area contributed by atoms with E-state index >= 15 is 0 Å². The predicted molar refractivity (Wildman–Crippen MR) is 140 cm³/mol. The Hall–Kier alpha value is -4.78. The molecule has 0 fully saturated rings. The fourth-order valence-electron chi connectivity index (χ4n) is 5.11. The van der Waals surface area contributed by atoms with Crippen molar-refractivity contribution in [3.05, 3.63) is 108 Å². The van der Waals surface area contributed by atoms with E-state index < -0.39 is 18.1 Å². The van der Waals surface area contributed by atoms with Crippen molar-refractivity contribution in [2.45, 2.75) is 18.4 Å². The second kappa shape index (κ2) is 9.35. The Kier molecular flexibility index (Phi) is 5.73. The largest absolute Gasteiger partial charge is 0.480 e. The Morgan fingerprint density at radius 2 is 1.54 bits per heavy atom. The number of hydrogen-bond acceptors (Lipinski definition) is 5. The van der Waals surface area contributed by atoms with Gasteiger partial charge in [-0.05, 0) is 39.9 Å². The monoisotopic (exact) mass is 489 g/mol. The van der Waals surface area contributed by atoms with Crippen LogP contribution in [0.15, 0.2) is 91.3 Å². The molecule has 6 rings (SSSR count). The Bertz CT molecular complexity index is 1620. The van der Waals surface area contributed by atoms with Crippen LogP contribution in [-0.4, -0.2) is 39.8 Å². The number of aliphatic carboxylic acids is 1. The Morgan fingerprint density at radius 3 is 2.27 bits per heavy atom. The van der Waals surface area contributed by atoms with Gasteiger partial charge in [0.2, 0.25) is 0 Å². The molecular weight excluding hydrogens is 466 g/mol. The number of rotatable bonds is 6. The average molecular weight is 490 g/mol. The van der Waals surface area contributed by atoms with Crippen LogP contribution in [0.4, 0.5) is 4.79 Å². The molecule has 1 aliphatic rings. The first-order valence-electron chi connectivity index (χ1n) is 12.0. The van der Waals surface area contributed by atoms with E-state index in [1.807, 2.05) is 66.7 Å². The number of aromatic nitrogens is 2. The van der Waals surface area contributed by atoms with Crippen LogP contribution in [0.5, 0.6) is 0 Å². The molecule has 2 aromatic heterocycles. The van der Waals surface area contributed by atoms with Gasteiger partial charge < -0.3 is 15.2 Å². The Balaban J connectivity index is 1.16. The highest BCUT2D eigenvalue weighted by Crippen LogP contribution is 2.44. The van der Waals surface area contributed by atoms with Crippen molar-refractivity contribution < 1.29 is 19.4 Å². The predicted octanol–water partition coefficient (Wildman–Crippen LogP) is 5.32. The number of fused-ring (bicyclic) bond motifs is 6. The topological polar surface area (TPSA) is 101 Å². The zero-order valence-corrected chi connectivity index (χ0v) is 19.8. The van der Waals surface area contributed by atoms with Gasteiger partial charge in [0.05, 0.1) is 11.0 Å². The molecule has 0 aliphatic heterocycles. The normalized spacial score (nSPS) is 13.2. The lowest BCUT2D eigenvalue weighted by molar-refractivity contribution is -0.139. The molecule has 1 atom stereocenters. The zero-order valence-electron chi connectivity index (χ0n) is 19.8. The molecule has 0 radical (unpaired) electrons. The Morgan fingerprint density at radius 1 is 0.865 bits per heavy atom.